The molecular weight excluding hydrogens is 314 g/mol. The average Bonchev–Trinajstić information content (AvgIpc) is 3.15. The van der Waals surface area contributed by atoms with Crippen LogP contribution in [0.25, 0.3) is 0 Å². The molecule has 0 spiro atoms. The van der Waals surface area contributed by atoms with E-state index in [0.29, 0.717) is 19.5 Å². The second kappa shape index (κ2) is 8.67. The van der Waals surface area contributed by atoms with Crippen molar-refractivity contribution in [1.82, 2.24) is 4.90 Å². The monoisotopic (exact) mass is 339 g/mol. The maximum atomic E-state index is 13.0. The summed E-state index contributed by atoms with van der Waals surface area (Å²) >= 11 is 0. The molecule has 2 aromatic rings. The molecule has 0 aliphatic carbocycles. The van der Waals surface area contributed by atoms with Gasteiger partial charge in [-0.2, -0.15) is 0 Å². The molecule has 1 amide bonds. The molecule has 3 rings (SSSR count). The van der Waals surface area contributed by atoms with Crippen LogP contribution in [0.4, 0.5) is 0 Å². The highest BCUT2D eigenvalue weighted by atomic mass is 16.5. The Morgan fingerprint density at radius 3 is 2.64 bits per heavy atom. The lowest BCUT2D eigenvalue weighted by molar-refractivity contribution is -0.132. The summed E-state index contributed by atoms with van der Waals surface area (Å²) in [6.45, 7) is 2.04. The molecule has 4 heteroatoms. The lowest BCUT2D eigenvalue weighted by Crippen LogP contribution is -2.37. The van der Waals surface area contributed by atoms with E-state index in [2.05, 4.69) is 12.1 Å². The van der Waals surface area contributed by atoms with Crippen molar-refractivity contribution < 1.29 is 14.3 Å². The Balaban J connectivity index is 1.73. The molecule has 1 fully saturated rings. The van der Waals surface area contributed by atoms with Crippen LogP contribution in [-0.4, -0.2) is 37.2 Å². The van der Waals surface area contributed by atoms with Gasteiger partial charge in [0, 0.05) is 25.3 Å². The van der Waals surface area contributed by atoms with E-state index >= 15 is 0 Å². The Hall–Kier alpha value is -2.33. The summed E-state index contributed by atoms with van der Waals surface area (Å²) in [5.41, 5.74) is 2.05. The second-order valence-corrected chi connectivity index (χ2v) is 6.38. The first kappa shape index (κ1) is 17.5. The molecule has 132 valence electrons. The van der Waals surface area contributed by atoms with Crippen molar-refractivity contribution in [1.29, 1.82) is 0 Å². The van der Waals surface area contributed by atoms with E-state index in [1.54, 1.807) is 7.11 Å². The molecule has 1 saturated heterocycles. The highest BCUT2D eigenvalue weighted by Crippen LogP contribution is 2.20. The number of ether oxygens (including phenoxy) is 2. The second-order valence-electron chi connectivity index (χ2n) is 6.38. The quantitative estimate of drug-likeness (QED) is 0.775. The number of carbonyl (C=O) groups excluding carboxylic acids is 1. The Morgan fingerprint density at radius 2 is 1.92 bits per heavy atom. The highest BCUT2D eigenvalue weighted by Gasteiger charge is 2.23. The molecule has 1 aliphatic heterocycles. The van der Waals surface area contributed by atoms with Crippen LogP contribution in [-0.2, 0) is 22.5 Å². The molecule has 1 aliphatic rings. The summed E-state index contributed by atoms with van der Waals surface area (Å²) < 4.78 is 11.1. The number of benzene rings is 2. The van der Waals surface area contributed by atoms with E-state index in [9.17, 15) is 4.79 Å². The fourth-order valence-electron chi connectivity index (χ4n) is 3.22. The van der Waals surface area contributed by atoms with Gasteiger partial charge < -0.3 is 14.4 Å². The molecule has 0 saturated carbocycles. The van der Waals surface area contributed by atoms with Crippen molar-refractivity contribution in [2.45, 2.75) is 31.9 Å². The number of methoxy groups -OCH3 is 1. The number of nitrogens with zero attached hydrogens (tertiary/aromatic N) is 1. The maximum Gasteiger partial charge on any atom is 0.227 e. The Labute approximate surface area is 149 Å². The minimum atomic E-state index is 0.101. The van der Waals surface area contributed by atoms with E-state index in [0.717, 1.165) is 36.3 Å². The summed E-state index contributed by atoms with van der Waals surface area (Å²) in [4.78, 5) is 14.9. The number of para-hydroxylation sites is 1. The minimum absolute atomic E-state index is 0.101. The van der Waals surface area contributed by atoms with Crippen LogP contribution in [0, 0.1) is 0 Å². The summed E-state index contributed by atoms with van der Waals surface area (Å²) in [7, 11) is 1.64. The maximum absolute atomic E-state index is 13.0. The van der Waals surface area contributed by atoms with Gasteiger partial charge in [-0.3, -0.25) is 4.79 Å². The smallest absolute Gasteiger partial charge is 0.227 e. The van der Waals surface area contributed by atoms with Crippen molar-refractivity contribution in [3.8, 4) is 5.75 Å². The third-order valence-electron chi connectivity index (χ3n) is 4.55. The van der Waals surface area contributed by atoms with Gasteiger partial charge in [0.05, 0.1) is 19.6 Å². The lowest BCUT2D eigenvalue weighted by atomic mass is 10.1. The van der Waals surface area contributed by atoms with E-state index in [-0.39, 0.29) is 12.0 Å². The zero-order valence-corrected chi connectivity index (χ0v) is 14.7. The van der Waals surface area contributed by atoms with E-state index in [4.69, 9.17) is 9.47 Å². The van der Waals surface area contributed by atoms with Crippen LogP contribution >= 0.6 is 0 Å². The van der Waals surface area contributed by atoms with E-state index < -0.39 is 0 Å². The van der Waals surface area contributed by atoms with Gasteiger partial charge >= 0.3 is 0 Å². The molecule has 0 unspecified atom stereocenters. The van der Waals surface area contributed by atoms with Crippen molar-refractivity contribution >= 4 is 5.91 Å². The largest absolute Gasteiger partial charge is 0.496 e. The predicted molar refractivity (Wildman–Crippen MR) is 97.5 cm³/mol. The van der Waals surface area contributed by atoms with Crippen LogP contribution in [0.3, 0.4) is 0 Å². The lowest BCUT2D eigenvalue weighted by Gasteiger charge is -2.26. The SMILES string of the molecule is COc1ccccc1CC(=O)N(Cc1ccccc1)C[C@@H]1CCCO1. The molecule has 0 N–H and O–H groups in total. The summed E-state index contributed by atoms with van der Waals surface area (Å²) in [6, 6.07) is 17.8. The third kappa shape index (κ3) is 4.83. The number of hydrogen-bond donors (Lipinski definition) is 0. The fourth-order valence-corrected chi connectivity index (χ4v) is 3.22. The molecule has 1 atom stereocenters. The van der Waals surface area contributed by atoms with Crippen molar-refractivity contribution in [2.24, 2.45) is 0 Å². The fraction of sp³-hybridized carbons (Fsp3) is 0.381. The third-order valence-corrected chi connectivity index (χ3v) is 4.55. The Morgan fingerprint density at radius 1 is 1.16 bits per heavy atom. The van der Waals surface area contributed by atoms with E-state index in [1.807, 2.05) is 47.4 Å². The molecule has 0 aromatic heterocycles. The zero-order chi connectivity index (χ0) is 17.5. The highest BCUT2D eigenvalue weighted by molar-refractivity contribution is 5.79. The van der Waals surface area contributed by atoms with Gasteiger partial charge in [-0.25, -0.2) is 0 Å². The van der Waals surface area contributed by atoms with Crippen LogP contribution < -0.4 is 4.74 Å². The first-order valence-corrected chi connectivity index (χ1v) is 8.81. The molecule has 0 radical (unpaired) electrons. The zero-order valence-electron chi connectivity index (χ0n) is 14.7. The van der Waals surface area contributed by atoms with Gasteiger partial charge in [0.15, 0.2) is 0 Å². The van der Waals surface area contributed by atoms with Gasteiger partial charge in [0.25, 0.3) is 0 Å². The van der Waals surface area contributed by atoms with Gasteiger partial charge in [-0.05, 0) is 24.5 Å². The van der Waals surface area contributed by atoms with Gasteiger partial charge in [0.1, 0.15) is 5.75 Å². The number of rotatable bonds is 7. The summed E-state index contributed by atoms with van der Waals surface area (Å²) in [5.74, 6) is 0.858. The van der Waals surface area contributed by atoms with Crippen molar-refractivity contribution in [3.63, 3.8) is 0 Å². The summed E-state index contributed by atoms with van der Waals surface area (Å²) in [6.07, 6.45) is 2.58. The standard InChI is InChI=1S/C21H25NO3/c1-24-20-12-6-5-10-18(20)14-21(23)22(16-19-11-7-13-25-19)15-17-8-3-2-4-9-17/h2-6,8-10,12,19H,7,11,13-16H2,1H3/t19-/m0/s1. The van der Waals surface area contributed by atoms with Crippen LogP contribution in [0.5, 0.6) is 5.75 Å². The summed E-state index contributed by atoms with van der Waals surface area (Å²) in [5, 5.41) is 0. The number of amides is 1. The Kier molecular flexibility index (Phi) is 6.07. The van der Waals surface area contributed by atoms with Gasteiger partial charge in [-0.15, -0.1) is 0 Å². The first-order valence-electron chi connectivity index (χ1n) is 8.81. The minimum Gasteiger partial charge on any atom is -0.496 e. The Bertz CT molecular complexity index is 681. The van der Waals surface area contributed by atoms with Crippen LogP contribution in [0.15, 0.2) is 54.6 Å². The van der Waals surface area contributed by atoms with Crippen LogP contribution in [0.2, 0.25) is 0 Å². The van der Waals surface area contributed by atoms with Crippen molar-refractivity contribution in [2.75, 3.05) is 20.3 Å². The normalized spacial score (nSPS) is 16.6. The number of hydrogen-bond acceptors (Lipinski definition) is 3. The van der Waals surface area contributed by atoms with Crippen molar-refractivity contribution in [3.05, 3.63) is 65.7 Å². The molecule has 0 bridgehead atoms. The molecule has 2 aromatic carbocycles. The number of carbonyl (C=O) groups is 1. The van der Waals surface area contributed by atoms with Crippen LogP contribution in [0.1, 0.15) is 24.0 Å². The topological polar surface area (TPSA) is 38.8 Å². The van der Waals surface area contributed by atoms with Gasteiger partial charge in [0.2, 0.25) is 5.91 Å². The molecule has 4 nitrogen and oxygen atoms in total. The molecule has 25 heavy (non-hydrogen) atoms. The molecular formula is C21H25NO3. The molecule has 1 heterocycles. The van der Waals surface area contributed by atoms with Gasteiger partial charge in [-0.1, -0.05) is 48.5 Å². The predicted octanol–water partition coefficient (Wildman–Crippen LogP) is 3.45. The van der Waals surface area contributed by atoms with E-state index in [1.165, 1.54) is 0 Å². The average molecular weight is 339 g/mol. The first-order chi connectivity index (χ1) is 12.3.